The summed E-state index contributed by atoms with van der Waals surface area (Å²) in [6.07, 6.45) is 3.94. The molecular formula is C18H17NOS. The summed E-state index contributed by atoms with van der Waals surface area (Å²) in [7, 11) is 0. The van der Waals surface area contributed by atoms with E-state index in [0.717, 1.165) is 26.9 Å². The number of fused-ring (bicyclic) bond motifs is 1. The third-order valence-electron chi connectivity index (χ3n) is 3.65. The zero-order chi connectivity index (χ0) is 14.7. The quantitative estimate of drug-likeness (QED) is 0.731. The van der Waals surface area contributed by atoms with E-state index in [9.17, 15) is 5.11 Å². The van der Waals surface area contributed by atoms with Crippen LogP contribution in [0.5, 0.6) is 0 Å². The normalized spacial score (nSPS) is 12.5. The van der Waals surface area contributed by atoms with Crippen LogP contribution in [-0.2, 0) is 6.42 Å². The number of hydrogen-bond donors (Lipinski definition) is 1. The van der Waals surface area contributed by atoms with Gasteiger partial charge in [0.2, 0.25) is 0 Å². The molecule has 21 heavy (non-hydrogen) atoms. The van der Waals surface area contributed by atoms with E-state index in [1.807, 2.05) is 61.0 Å². The number of thioether (sulfide) groups is 1. The summed E-state index contributed by atoms with van der Waals surface area (Å²) in [5.74, 6) is 0. The van der Waals surface area contributed by atoms with Gasteiger partial charge in [0.15, 0.2) is 0 Å². The van der Waals surface area contributed by atoms with Gasteiger partial charge in [-0.3, -0.25) is 4.98 Å². The maximum absolute atomic E-state index is 10.6. The Morgan fingerprint density at radius 1 is 1.05 bits per heavy atom. The predicted molar refractivity (Wildman–Crippen MR) is 88.6 cm³/mol. The average Bonchev–Trinajstić information content (AvgIpc) is 2.55. The minimum Gasteiger partial charge on any atom is -0.388 e. The zero-order valence-electron chi connectivity index (χ0n) is 11.9. The van der Waals surface area contributed by atoms with Crippen molar-refractivity contribution >= 4 is 22.7 Å². The maximum Gasteiger partial charge on any atom is 0.0841 e. The van der Waals surface area contributed by atoms with Crippen LogP contribution in [0.3, 0.4) is 0 Å². The molecule has 3 aromatic rings. The second kappa shape index (κ2) is 6.29. The van der Waals surface area contributed by atoms with E-state index >= 15 is 0 Å². The molecule has 0 saturated carbocycles. The highest BCUT2D eigenvalue weighted by Gasteiger charge is 2.14. The molecule has 0 aliphatic rings. The SMILES string of the molecule is CSc1ccccc1C(O)Cc1ccnc2ccccc12. The molecule has 0 amide bonds. The molecule has 2 aromatic carbocycles. The first-order valence-electron chi connectivity index (χ1n) is 6.93. The third-order valence-corrected chi connectivity index (χ3v) is 4.46. The van der Waals surface area contributed by atoms with Crippen molar-refractivity contribution < 1.29 is 5.11 Å². The van der Waals surface area contributed by atoms with Gasteiger partial charge in [-0.1, -0.05) is 36.4 Å². The third kappa shape index (κ3) is 2.94. The molecule has 2 nitrogen and oxygen atoms in total. The number of hydrogen-bond acceptors (Lipinski definition) is 3. The summed E-state index contributed by atoms with van der Waals surface area (Å²) in [4.78, 5) is 5.50. The summed E-state index contributed by atoms with van der Waals surface area (Å²) in [6, 6.07) is 18.1. The summed E-state index contributed by atoms with van der Waals surface area (Å²) in [6.45, 7) is 0. The van der Waals surface area contributed by atoms with Gasteiger partial charge in [-0.05, 0) is 35.6 Å². The van der Waals surface area contributed by atoms with Crippen LogP contribution in [0.1, 0.15) is 17.2 Å². The van der Waals surface area contributed by atoms with Crippen LogP contribution in [0.25, 0.3) is 10.9 Å². The Hall–Kier alpha value is -1.84. The molecule has 0 aliphatic heterocycles. The molecule has 1 unspecified atom stereocenters. The zero-order valence-corrected chi connectivity index (χ0v) is 12.7. The van der Waals surface area contributed by atoms with E-state index in [0.29, 0.717) is 6.42 Å². The van der Waals surface area contributed by atoms with Gasteiger partial charge in [-0.15, -0.1) is 11.8 Å². The van der Waals surface area contributed by atoms with Crippen molar-refractivity contribution in [2.45, 2.75) is 17.4 Å². The van der Waals surface area contributed by atoms with Crippen LogP contribution >= 0.6 is 11.8 Å². The van der Waals surface area contributed by atoms with E-state index in [4.69, 9.17) is 0 Å². The van der Waals surface area contributed by atoms with Crippen molar-refractivity contribution in [1.29, 1.82) is 0 Å². The fourth-order valence-electron chi connectivity index (χ4n) is 2.59. The topological polar surface area (TPSA) is 33.1 Å². The molecule has 0 spiro atoms. The molecule has 0 saturated heterocycles. The molecule has 1 atom stereocenters. The van der Waals surface area contributed by atoms with Crippen LogP contribution in [-0.4, -0.2) is 16.3 Å². The second-order valence-corrected chi connectivity index (χ2v) is 5.80. The molecule has 0 radical (unpaired) electrons. The number of nitrogens with zero attached hydrogens (tertiary/aromatic N) is 1. The Labute approximate surface area is 128 Å². The first-order chi connectivity index (χ1) is 10.3. The largest absolute Gasteiger partial charge is 0.388 e. The Bertz CT molecular complexity index is 752. The van der Waals surface area contributed by atoms with Gasteiger partial charge >= 0.3 is 0 Å². The number of aliphatic hydroxyl groups is 1. The molecule has 1 aromatic heterocycles. The Morgan fingerprint density at radius 2 is 1.81 bits per heavy atom. The molecular weight excluding hydrogens is 278 g/mol. The molecule has 0 aliphatic carbocycles. The fraction of sp³-hybridized carbons (Fsp3) is 0.167. The number of aromatic nitrogens is 1. The lowest BCUT2D eigenvalue weighted by atomic mass is 9.99. The van der Waals surface area contributed by atoms with Gasteiger partial charge in [0.05, 0.1) is 11.6 Å². The highest BCUT2D eigenvalue weighted by atomic mass is 32.2. The minimum absolute atomic E-state index is 0.501. The molecule has 0 bridgehead atoms. The monoisotopic (exact) mass is 295 g/mol. The van der Waals surface area contributed by atoms with Gasteiger partial charge in [0, 0.05) is 22.9 Å². The van der Waals surface area contributed by atoms with Crippen molar-refractivity contribution in [3.05, 3.63) is 71.9 Å². The van der Waals surface area contributed by atoms with E-state index < -0.39 is 6.10 Å². The van der Waals surface area contributed by atoms with Crippen molar-refractivity contribution in [2.24, 2.45) is 0 Å². The van der Waals surface area contributed by atoms with Crippen molar-refractivity contribution in [3.63, 3.8) is 0 Å². The van der Waals surface area contributed by atoms with E-state index in [1.165, 1.54) is 0 Å². The first-order valence-corrected chi connectivity index (χ1v) is 8.15. The number of aliphatic hydroxyl groups excluding tert-OH is 1. The molecule has 0 fully saturated rings. The van der Waals surface area contributed by atoms with E-state index in [1.54, 1.807) is 11.8 Å². The number of benzene rings is 2. The second-order valence-electron chi connectivity index (χ2n) is 4.95. The Balaban J connectivity index is 1.95. The maximum atomic E-state index is 10.6. The molecule has 3 heteroatoms. The predicted octanol–water partition coefficient (Wildman–Crippen LogP) is 4.23. The van der Waals surface area contributed by atoms with Gasteiger partial charge < -0.3 is 5.11 Å². The molecule has 1 N–H and O–H groups in total. The highest BCUT2D eigenvalue weighted by Crippen LogP contribution is 2.29. The minimum atomic E-state index is -0.501. The number of pyridine rings is 1. The Morgan fingerprint density at radius 3 is 2.67 bits per heavy atom. The number of para-hydroxylation sites is 1. The van der Waals surface area contributed by atoms with E-state index in [-0.39, 0.29) is 0 Å². The smallest absolute Gasteiger partial charge is 0.0841 e. The van der Waals surface area contributed by atoms with Crippen LogP contribution in [0.4, 0.5) is 0 Å². The van der Waals surface area contributed by atoms with E-state index in [2.05, 4.69) is 11.1 Å². The van der Waals surface area contributed by atoms with Gasteiger partial charge in [0.25, 0.3) is 0 Å². The van der Waals surface area contributed by atoms with Crippen molar-refractivity contribution in [2.75, 3.05) is 6.26 Å². The summed E-state index contributed by atoms with van der Waals surface area (Å²) in [5.41, 5.74) is 3.09. The van der Waals surface area contributed by atoms with Crippen molar-refractivity contribution in [1.82, 2.24) is 4.98 Å². The van der Waals surface area contributed by atoms with Gasteiger partial charge in [-0.2, -0.15) is 0 Å². The van der Waals surface area contributed by atoms with Crippen LogP contribution in [0.2, 0.25) is 0 Å². The summed E-state index contributed by atoms with van der Waals surface area (Å²) in [5, 5.41) is 11.7. The molecule has 3 rings (SSSR count). The highest BCUT2D eigenvalue weighted by molar-refractivity contribution is 7.98. The van der Waals surface area contributed by atoms with Crippen LogP contribution in [0, 0.1) is 0 Å². The summed E-state index contributed by atoms with van der Waals surface area (Å²) >= 11 is 1.67. The summed E-state index contributed by atoms with van der Waals surface area (Å²) < 4.78 is 0. The first kappa shape index (κ1) is 14.1. The number of rotatable bonds is 4. The van der Waals surface area contributed by atoms with Crippen LogP contribution in [0.15, 0.2) is 65.7 Å². The Kier molecular flexibility index (Phi) is 4.23. The van der Waals surface area contributed by atoms with Gasteiger partial charge in [0.1, 0.15) is 0 Å². The lowest BCUT2D eigenvalue weighted by Crippen LogP contribution is -2.04. The molecule has 1 heterocycles. The lowest BCUT2D eigenvalue weighted by molar-refractivity contribution is 0.176. The fourth-order valence-corrected chi connectivity index (χ4v) is 3.25. The molecule has 106 valence electrons. The van der Waals surface area contributed by atoms with Gasteiger partial charge in [-0.25, -0.2) is 0 Å². The van der Waals surface area contributed by atoms with Crippen LogP contribution < -0.4 is 0 Å². The average molecular weight is 295 g/mol. The lowest BCUT2D eigenvalue weighted by Gasteiger charge is -2.15. The standard InChI is InChI=1S/C18H17NOS/c1-21-18-9-5-3-7-15(18)17(20)12-13-10-11-19-16-8-4-2-6-14(13)16/h2-11,17,20H,12H2,1H3. The van der Waals surface area contributed by atoms with Crippen molar-refractivity contribution in [3.8, 4) is 0 Å².